The molecular weight excluding hydrogens is 350 g/mol. The van der Waals surface area contributed by atoms with E-state index in [1.807, 2.05) is 11.0 Å². The van der Waals surface area contributed by atoms with E-state index < -0.39 is 10.0 Å². The molecule has 3 rings (SSSR count). The molecule has 0 unspecified atom stereocenters. The first-order valence-electron chi connectivity index (χ1n) is 9.43. The summed E-state index contributed by atoms with van der Waals surface area (Å²) in [4.78, 5) is 17.1. The molecular formula is C19H29N3O3S. The number of carbonyl (C=O) groups is 1. The lowest BCUT2D eigenvalue weighted by Crippen LogP contribution is -2.52. The van der Waals surface area contributed by atoms with Crippen molar-refractivity contribution in [3.63, 3.8) is 0 Å². The Labute approximate surface area is 156 Å². The first kappa shape index (κ1) is 19.3. The molecule has 0 atom stereocenters. The van der Waals surface area contributed by atoms with Crippen LogP contribution in [0.15, 0.2) is 30.3 Å². The van der Waals surface area contributed by atoms with Gasteiger partial charge in [-0.3, -0.25) is 9.69 Å². The molecule has 2 fully saturated rings. The smallest absolute Gasteiger partial charge is 0.225 e. The summed E-state index contributed by atoms with van der Waals surface area (Å²) in [5.74, 6) is 0.185. The molecule has 2 aliphatic heterocycles. The molecule has 144 valence electrons. The molecule has 26 heavy (non-hydrogen) atoms. The molecule has 0 bridgehead atoms. The molecule has 7 heteroatoms. The van der Waals surface area contributed by atoms with E-state index in [0.29, 0.717) is 25.9 Å². The van der Waals surface area contributed by atoms with E-state index >= 15 is 0 Å². The van der Waals surface area contributed by atoms with Crippen LogP contribution in [0.3, 0.4) is 0 Å². The van der Waals surface area contributed by atoms with Crippen molar-refractivity contribution >= 4 is 15.9 Å². The number of sulfonamides is 1. The lowest BCUT2D eigenvalue weighted by Gasteiger charge is -2.38. The Kier molecular flexibility index (Phi) is 6.32. The molecule has 6 nitrogen and oxygen atoms in total. The maximum Gasteiger partial charge on any atom is 0.225 e. The van der Waals surface area contributed by atoms with Crippen molar-refractivity contribution < 1.29 is 13.2 Å². The molecule has 1 aromatic rings. The fourth-order valence-corrected chi connectivity index (χ4v) is 4.69. The summed E-state index contributed by atoms with van der Waals surface area (Å²) in [5, 5.41) is 0. The zero-order valence-electron chi connectivity index (χ0n) is 15.5. The average molecular weight is 380 g/mol. The van der Waals surface area contributed by atoms with Crippen LogP contribution in [0.2, 0.25) is 0 Å². The standard InChI is InChI=1S/C19H29N3O3S/c1-26(24,25)22-11-8-18(9-12-22)19(23)21-15-13-20(14-16-21)10-7-17-5-3-2-4-6-17/h2-6,18H,7-16H2,1H3. The van der Waals surface area contributed by atoms with Crippen molar-refractivity contribution in [3.05, 3.63) is 35.9 Å². The molecule has 0 N–H and O–H groups in total. The zero-order chi connectivity index (χ0) is 18.6. The summed E-state index contributed by atoms with van der Waals surface area (Å²) >= 11 is 0. The van der Waals surface area contributed by atoms with Gasteiger partial charge in [0.05, 0.1) is 6.26 Å². The minimum Gasteiger partial charge on any atom is -0.340 e. The van der Waals surface area contributed by atoms with Crippen molar-refractivity contribution in [1.82, 2.24) is 14.1 Å². The lowest BCUT2D eigenvalue weighted by atomic mass is 9.96. The van der Waals surface area contributed by atoms with E-state index in [9.17, 15) is 13.2 Å². The Hall–Kier alpha value is -1.44. The maximum atomic E-state index is 12.7. The van der Waals surface area contributed by atoms with Crippen LogP contribution >= 0.6 is 0 Å². The Morgan fingerprint density at radius 3 is 2.19 bits per heavy atom. The summed E-state index contributed by atoms with van der Waals surface area (Å²) in [6.07, 6.45) is 3.56. The van der Waals surface area contributed by atoms with Crippen LogP contribution in [0, 0.1) is 5.92 Å². The van der Waals surface area contributed by atoms with Gasteiger partial charge in [0, 0.05) is 51.7 Å². The van der Waals surface area contributed by atoms with Gasteiger partial charge in [-0.2, -0.15) is 0 Å². The highest BCUT2D eigenvalue weighted by Crippen LogP contribution is 2.22. The third-order valence-electron chi connectivity index (χ3n) is 5.52. The van der Waals surface area contributed by atoms with Gasteiger partial charge in [-0.15, -0.1) is 0 Å². The van der Waals surface area contributed by atoms with Gasteiger partial charge in [-0.05, 0) is 24.8 Å². The monoisotopic (exact) mass is 379 g/mol. The predicted molar refractivity (Wildman–Crippen MR) is 102 cm³/mol. The minimum absolute atomic E-state index is 0.0242. The van der Waals surface area contributed by atoms with Crippen LogP contribution in [-0.4, -0.2) is 80.5 Å². The number of piperidine rings is 1. The molecule has 1 amide bonds. The predicted octanol–water partition coefficient (Wildman–Crippen LogP) is 1.04. The van der Waals surface area contributed by atoms with Crippen molar-refractivity contribution in [2.24, 2.45) is 5.92 Å². The van der Waals surface area contributed by atoms with E-state index in [1.54, 1.807) is 0 Å². The quantitative estimate of drug-likeness (QED) is 0.767. The van der Waals surface area contributed by atoms with E-state index in [1.165, 1.54) is 16.1 Å². The van der Waals surface area contributed by atoms with Crippen LogP contribution in [0.25, 0.3) is 0 Å². The van der Waals surface area contributed by atoms with E-state index in [2.05, 4.69) is 29.2 Å². The van der Waals surface area contributed by atoms with E-state index in [4.69, 9.17) is 0 Å². The first-order chi connectivity index (χ1) is 12.4. The van der Waals surface area contributed by atoms with Gasteiger partial charge in [-0.25, -0.2) is 12.7 Å². The van der Waals surface area contributed by atoms with E-state index in [-0.39, 0.29) is 11.8 Å². The van der Waals surface area contributed by atoms with Crippen molar-refractivity contribution in [2.75, 3.05) is 52.1 Å². The number of benzene rings is 1. The van der Waals surface area contributed by atoms with Crippen LogP contribution in [0.4, 0.5) is 0 Å². The molecule has 0 aromatic heterocycles. The number of rotatable bonds is 5. The summed E-state index contributed by atoms with van der Waals surface area (Å²) in [5.41, 5.74) is 1.35. The molecule has 0 spiro atoms. The van der Waals surface area contributed by atoms with Crippen molar-refractivity contribution in [2.45, 2.75) is 19.3 Å². The van der Waals surface area contributed by atoms with Gasteiger partial charge >= 0.3 is 0 Å². The number of carbonyl (C=O) groups excluding carboxylic acids is 1. The third kappa shape index (κ3) is 5.05. The SMILES string of the molecule is CS(=O)(=O)N1CCC(C(=O)N2CCN(CCc3ccccc3)CC2)CC1. The number of nitrogens with zero attached hydrogens (tertiary/aromatic N) is 3. The van der Waals surface area contributed by atoms with Crippen LogP contribution in [-0.2, 0) is 21.2 Å². The lowest BCUT2D eigenvalue weighted by molar-refractivity contribution is -0.138. The summed E-state index contributed by atoms with van der Waals surface area (Å²) < 4.78 is 24.7. The van der Waals surface area contributed by atoms with Crippen LogP contribution in [0.5, 0.6) is 0 Å². The molecule has 2 heterocycles. The Morgan fingerprint density at radius 2 is 1.62 bits per heavy atom. The second kappa shape index (κ2) is 8.50. The first-order valence-corrected chi connectivity index (χ1v) is 11.3. The summed E-state index contributed by atoms with van der Waals surface area (Å²) in [7, 11) is -3.13. The molecule has 2 saturated heterocycles. The van der Waals surface area contributed by atoms with Crippen molar-refractivity contribution in [1.29, 1.82) is 0 Å². The molecule has 0 radical (unpaired) electrons. The van der Waals surface area contributed by atoms with Gasteiger partial charge in [0.1, 0.15) is 0 Å². The number of hydrogen-bond acceptors (Lipinski definition) is 4. The molecule has 2 aliphatic rings. The highest BCUT2D eigenvalue weighted by Gasteiger charge is 2.32. The van der Waals surface area contributed by atoms with Gasteiger partial charge in [0.25, 0.3) is 0 Å². The van der Waals surface area contributed by atoms with Crippen LogP contribution < -0.4 is 0 Å². The summed E-state index contributed by atoms with van der Waals surface area (Å²) in [6, 6.07) is 10.5. The maximum absolute atomic E-state index is 12.7. The normalized spacial score (nSPS) is 21.0. The minimum atomic E-state index is -3.13. The van der Waals surface area contributed by atoms with Gasteiger partial charge < -0.3 is 4.90 Å². The second-order valence-corrected chi connectivity index (χ2v) is 9.32. The van der Waals surface area contributed by atoms with Crippen LogP contribution in [0.1, 0.15) is 18.4 Å². The highest BCUT2D eigenvalue weighted by atomic mass is 32.2. The molecule has 0 aliphatic carbocycles. The Morgan fingerprint density at radius 1 is 1.00 bits per heavy atom. The number of amides is 1. The Balaban J connectivity index is 1.41. The molecule has 1 aromatic carbocycles. The topological polar surface area (TPSA) is 60.9 Å². The number of piperazine rings is 1. The summed E-state index contributed by atoms with van der Waals surface area (Å²) in [6.45, 7) is 5.35. The third-order valence-corrected chi connectivity index (χ3v) is 6.82. The number of hydrogen-bond donors (Lipinski definition) is 0. The largest absolute Gasteiger partial charge is 0.340 e. The van der Waals surface area contributed by atoms with Crippen molar-refractivity contribution in [3.8, 4) is 0 Å². The highest BCUT2D eigenvalue weighted by molar-refractivity contribution is 7.88. The fourth-order valence-electron chi connectivity index (χ4n) is 3.82. The fraction of sp³-hybridized carbons (Fsp3) is 0.632. The zero-order valence-corrected chi connectivity index (χ0v) is 16.3. The molecule has 0 saturated carbocycles. The average Bonchev–Trinajstić information content (AvgIpc) is 2.66. The van der Waals surface area contributed by atoms with Gasteiger partial charge in [-0.1, -0.05) is 30.3 Å². The Bertz CT molecular complexity index is 692. The van der Waals surface area contributed by atoms with E-state index in [0.717, 1.165) is 39.1 Å². The van der Waals surface area contributed by atoms with Gasteiger partial charge in [0.15, 0.2) is 0 Å². The second-order valence-electron chi connectivity index (χ2n) is 7.34. The van der Waals surface area contributed by atoms with Gasteiger partial charge in [0.2, 0.25) is 15.9 Å².